The Morgan fingerprint density at radius 1 is 0.750 bits per heavy atom. The van der Waals surface area contributed by atoms with Crippen LogP contribution in [0.1, 0.15) is 0 Å². The predicted molar refractivity (Wildman–Crippen MR) is 95.2 cm³/mol. The third-order valence-electron chi connectivity index (χ3n) is 3.45. The average molecular weight is 338 g/mol. The fourth-order valence-corrected chi connectivity index (χ4v) is 2.83. The Morgan fingerprint density at radius 3 is 2.08 bits per heavy atom. The van der Waals surface area contributed by atoms with E-state index in [2.05, 4.69) is 40.3 Å². The van der Waals surface area contributed by atoms with Crippen molar-refractivity contribution in [3.05, 3.63) is 79.1 Å². The first-order valence-electron chi connectivity index (χ1n) is 7.25. The number of fused-ring (bicyclic) bond motifs is 3. The number of rotatable bonds is 1. The summed E-state index contributed by atoms with van der Waals surface area (Å²) in [6.07, 6.45) is 3.27. The van der Waals surface area contributed by atoms with Crippen molar-refractivity contribution in [3.8, 4) is 0 Å². The van der Waals surface area contributed by atoms with E-state index in [0.29, 0.717) is 0 Å². The summed E-state index contributed by atoms with van der Waals surface area (Å²) in [6, 6.07) is 21.0. The van der Waals surface area contributed by atoms with Gasteiger partial charge in [0.05, 0.1) is 5.52 Å². The van der Waals surface area contributed by atoms with E-state index in [-0.39, 0.29) is 5.44 Å². The first-order valence-corrected chi connectivity index (χ1v) is 8.86. The van der Waals surface area contributed by atoms with E-state index in [4.69, 9.17) is 9.79 Å². The average Bonchev–Trinajstić information content (AvgIpc) is 2.62. The van der Waals surface area contributed by atoms with E-state index >= 15 is 0 Å². The molecule has 5 nitrogen and oxygen atoms in total. The molecule has 0 bridgehead atoms. The van der Waals surface area contributed by atoms with Crippen LogP contribution < -0.4 is 5.44 Å². The van der Waals surface area contributed by atoms with Crippen molar-refractivity contribution in [2.75, 3.05) is 0 Å². The second-order valence-electron chi connectivity index (χ2n) is 5.09. The molecule has 0 radical (unpaired) electrons. The lowest BCUT2D eigenvalue weighted by Crippen LogP contribution is -2.06. The maximum atomic E-state index is 10.5. The summed E-state index contributed by atoms with van der Waals surface area (Å²) in [7, 11) is -4.13. The van der Waals surface area contributed by atoms with E-state index in [1.807, 2.05) is 24.4 Å². The quantitative estimate of drug-likeness (QED) is 0.411. The smallest absolute Gasteiger partial charge is 0.320 e. The number of pyridine rings is 2. The lowest BCUT2D eigenvalue weighted by atomic mass is 10.1. The van der Waals surface area contributed by atoms with Crippen LogP contribution in [0.4, 0.5) is 0 Å². The zero-order chi connectivity index (χ0) is 17.0. The molecule has 4 rings (SSSR count). The Kier molecular flexibility index (Phi) is 4.67. The van der Waals surface area contributed by atoms with Crippen LogP contribution in [-0.4, -0.2) is 19.8 Å². The van der Waals surface area contributed by atoms with Gasteiger partial charge in [-0.15, -0.1) is 0 Å². The van der Waals surface area contributed by atoms with Crippen molar-refractivity contribution >= 4 is 34.7 Å². The molecule has 0 unspecified atom stereocenters. The second-order valence-corrected chi connectivity index (χ2v) is 6.64. The minimum Gasteiger partial charge on any atom is -0.320 e. The van der Waals surface area contributed by atoms with Gasteiger partial charge in [-0.3, -0.25) is 9.55 Å². The lowest BCUT2D eigenvalue weighted by molar-refractivity contribution is 0.386. The van der Waals surface area contributed by atoms with Crippen LogP contribution in [0.5, 0.6) is 0 Å². The maximum absolute atomic E-state index is 10.5. The van der Waals surface area contributed by atoms with Crippen LogP contribution in [0.3, 0.4) is 0 Å². The van der Waals surface area contributed by atoms with Crippen molar-refractivity contribution in [2.45, 2.75) is 0 Å². The second kappa shape index (κ2) is 6.89. The fraction of sp³-hybridized carbons (Fsp3) is 0. The predicted octanol–water partition coefficient (Wildman–Crippen LogP) is 3.27. The zero-order valence-electron chi connectivity index (χ0n) is 12.6. The molecule has 0 saturated heterocycles. The van der Waals surface area contributed by atoms with Gasteiger partial charge in [0.1, 0.15) is 0 Å². The molecule has 2 N–H and O–H groups in total. The van der Waals surface area contributed by atoms with Gasteiger partial charge in [-0.2, -0.15) is 0 Å². The van der Waals surface area contributed by atoms with Gasteiger partial charge in [0, 0.05) is 23.2 Å². The van der Waals surface area contributed by atoms with E-state index < -0.39 is 7.60 Å². The highest BCUT2D eigenvalue weighted by Crippen LogP contribution is 2.31. The fourth-order valence-electron chi connectivity index (χ4n) is 2.33. The molecule has 0 saturated carbocycles. The molecule has 6 heteroatoms. The molecule has 0 aliphatic heterocycles. The van der Waals surface area contributed by atoms with Crippen LogP contribution in [0.2, 0.25) is 0 Å². The van der Waals surface area contributed by atoms with Gasteiger partial charge in [0.25, 0.3) is 0 Å². The summed E-state index contributed by atoms with van der Waals surface area (Å²) in [5, 5.41) is 3.70. The molecule has 0 amide bonds. The van der Waals surface area contributed by atoms with Crippen molar-refractivity contribution in [1.82, 2.24) is 9.97 Å². The van der Waals surface area contributed by atoms with Gasteiger partial charge in [-0.05, 0) is 23.6 Å². The van der Waals surface area contributed by atoms with E-state index in [9.17, 15) is 4.57 Å². The van der Waals surface area contributed by atoms with Crippen molar-refractivity contribution in [2.24, 2.45) is 0 Å². The van der Waals surface area contributed by atoms with Crippen LogP contribution in [0.25, 0.3) is 21.7 Å². The van der Waals surface area contributed by atoms with Crippen molar-refractivity contribution < 1.29 is 14.4 Å². The van der Waals surface area contributed by atoms with Crippen LogP contribution in [-0.2, 0) is 4.57 Å². The highest BCUT2D eigenvalue weighted by atomic mass is 31.2. The van der Waals surface area contributed by atoms with Gasteiger partial charge >= 0.3 is 7.60 Å². The molecule has 2 aromatic carbocycles. The summed E-state index contributed by atoms with van der Waals surface area (Å²) in [4.78, 5) is 25.0. The summed E-state index contributed by atoms with van der Waals surface area (Å²) >= 11 is 0. The van der Waals surface area contributed by atoms with E-state index in [1.165, 1.54) is 34.5 Å². The molecule has 2 aromatic heterocycles. The largest absolute Gasteiger partial charge is 0.374 e. The van der Waals surface area contributed by atoms with Crippen LogP contribution in [0, 0.1) is 0 Å². The molecular formula is C18H15N2O3P. The molecule has 4 aromatic rings. The normalized spacial score (nSPS) is 11.1. The minimum absolute atomic E-state index is 0.185. The molecule has 120 valence electrons. The van der Waals surface area contributed by atoms with Gasteiger partial charge in [-0.1, -0.05) is 48.5 Å². The molecule has 0 atom stereocenters. The van der Waals surface area contributed by atoms with E-state index in [0.717, 1.165) is 5.52 Å². The number of nitrogens with zero attached hydrogens (tertiary/aromatic N) is 2. The number of para-hydroxylation sites is 1. The van der Waals surface area contributed by atoms with Gasteiger partial charge < -0.3 is 9.79 Å². The van der Waals surface area contributed by atoms with Crippen LogP contribution >= 0.6 is 7.60 Å². The topological polar surface area (TPSA) is 83.3 Å². The maximum Gasteiger partial charge on any atom is 0.374 e. The molecule has 24 heavy (non-hydrogen) atoms. The number of hydrogen-bond acceptors (Lipinski definition) is 3. The SMILES string of the molecule is O=P(O)(O)c1ccccn1.c1ccc2c(c1)cnc1ccccc12. The van der Waals surface area contributed by atoms with Gasteiger partial charge in [0.15, 0.2) is 5.44 Å². The Morgan fingerprint density at radius 2 is 1.42 bits per heavy atom. The Balaban J connectivity index is 0.000000150. The summed E-state index contributed by atoms with van der Waals surface area (Å²) in [5.74, 6) is 0. The zero-order valence-corrected chi connectivity index (χ0v) is 13.5. The first kappa shape index (κ1) is 16.3. The molecule has 0 aliphatic carbocycles. The third-order valence-corrected chi connectivity index (χ3v) is 4.31. The molecular weight excluding hydrogens is 323 g/mol. The lowest BCUT2D eigenvalue weighted by Gasteiger charge is -2.01. The number of aromatic nitrogens is 2. The first-order chi connectivity index (χ1) is 11.6. The standard InChI is InChI=1S/C13H9N.C5H6NO3P/c1-2-6-11-10(5-1)9-14-13-8-4-3-7-12(11)13;7-10(8,9)5-3-1-2-4-6-5/h1-9H;1-4H,(H2,7,8,9). The molecule has 2 heterocycles. The Bertz CT molecular complexity index is 961. The molecule has 0 spiro atoms. The van der Waals surface area contributed by atoms with Crippen molar-refractivity contribution in [3.63, 3.8) is 0 Å². The van der Waals surface area contributed by atoms with Crippen LogP contribution in [0.15, 0.2) is 79.1 Å². The Hall–Kier alpha value is -2.59. The van der Waals surface area contributed by atoms with Gasteiger partial charge in [0.2, 0.25) is 0 Å². The summed E-state index contributed by atoms with van der Waals surface area (Å²) in [6.45, 7) is 0. The number of hydrogen-bond donors (Lipinski definition) is 2. The molecule has 0 aliphatic rings. The Labute approximate surface area is 138 Å². The minimum atomic E-state index is -4.13. The molecule has 0 fully saturated rings. The summed E-state index contributed by atoms with van der Waals surface area (Å²) in [5.41, 5.74) is 0.876. The number of benzene rings is 2. The highest BCUT2D eigenvalue weighted by Gasteiger charge is 2.16. The monoisotopic (exact) mass is 338 g/mol. The third kappa shape index (κ3) is 3.66. The highest BCUT2D eigenvalue weighted by molar-refractivity contribution is 7.60. The summed E-state index contributed by atoms with van der Waals surface area (Å²) < 4.78 is 10.5. The van der Waals surface area contributed by atoms with Crippen molar-refractivity contribution in [1.29, 1.82) is 0 Å². The van der Waals surface area contributed by atoms with E-state index in [1.54, 1.807) is 6.07 Å². The van der Waals surface area contributed by atoms with Gasteiger partial charge in [-0.25, -0.2) is 4.98 Å².